The molecule has 1 fully saturated rings. The Morgan fingerprint density at radius 2 is 1.62 bits per heavy atom. The van der Waals surface area contributed by atoms with Crippen LogP contribution in [0.5, 0.6) is 0 Å². The number of hydrogen-bond donors (Lipinski definition) is 0. The van der Waals surface area contributed by atoms with Crippen LogP contribution in [0, 0.1) is 5.82 Å². The standard InChI is InChI=1S/C24H20FN3O4/c25-17-4-6-18(7-5-17)26-9-11-27(12-10-26)22(29)16-3-8-20-21(14-16)24(31)28(23(20)30)15-19-2-1-13-32-19/h1-8,13-14H,9-12,15H2. The summed E-state index contributed by atoms with van der Waals surface area (Å²) in [6.45, 7) is 2.30. The van der Waals surface area contributed by atoms with Crippen molar-refractivity contribution in [2.75, 3.05) is 31.1 Å². The van der Waals surface area contributed by atoms with Crippen LogP contribution in [-0.2, 0) is 6.54 Å². The van der Waals surface area contributed by atoms with Gasteiger partial charge in [0.1, 0.15) is 11.6 Å². The minimum absolute atomic E-state index is 0.0496. The van der Waals surface area contributed by atoms with Gasteiger partial charge in [-0.1, -0.05) is 0 Å². The molecule has 7 nitrogen and oxygen atoms in total. The number of nitrogens with zero attached hydrogens (tertiary/aromatic N) is 3. The molecule has 2 aromatic carbocycles. The van der Waals surface area contributed by atoms with Gasteiger partial charge in [0, 0.05) is 37.4 Å². The van der Waals surface area contributed by atoms with Gasteiger partial charge in [0.25, 0.3) is 17.7 Å². The van der Waals surface area contributed by atoms with Crippen molar-refractivity contribution in [3.63, 3.8) is 0 Å². The summed E-state index contributed by atoms with van der Waals surface area (Å²) < 4.78 is 18.4. The van der Waals surface area contributed by atoms with E-state index in [4.69, 9.17) is 4.42 Å². The number of fused-ring (bicyclic) bond motifs is 1. The Morgan fingerprint density at radius 3 is 2.31 bits per heavy atom. The lowest BCUT2D eigenvalue weighted by molar-refractivity contribution is 0.0631. The number of rotatable bonds is 4. The van der Waals surface area contributed by atoms with Crippen molar-refractivity contribution < 1.29 is 23.2 Å². The second-order valence-electron chi connectivity index (χ2n) is 7.79. The number of carbonyl (C=O) groups excluding carboxylic acids is 3. The second-order valence-corrected chi connectivity index (χ2v) is 7.79. The first kappa shape index (κ1) is 20.0. The number of imide groups is 1. The molecule has 1 saturated heterocycles. The molecule has 162 valence electrons. The monoisotopic (exact) mass is 433 g/mol. The van der Waals surface area contributed by atoms with Crippen LogP contribution in [0.3, 0.4) is 0 Å². The minimum atomic E-state index is -0.433. The molecule has 3 heterocycles. The van der Waals surface area contributed by atoms with E-state index in [2.05, 4.69) is 4.90 Å². The fraction of sp³-hybridized carbons (Fsp3) is 0.208. The van der Waals surface area contributed by atoms with Gasteiger partial charge in [-0.2, -0.15) is 0 Å². The molecule has 0 unspecified atom stereocenters. The zero-order chi connectivity index (χ0) is 22.2. The topological polar surface area (TPSA) is 74.1 Å². The fourth-order valence-corrected chi connectivity index (χ4v) is 4.13. The maximum atomic E-state index is 13.2. The van der Waals surface area contributed by atoms with E-state index in [-0.39, 0.29) is 23.8 Å². The molecule has 32 heavy (non-hydrogen) atoms. The summed E-state index contributed by atoms with van der Waals surface area (Å²) in [5, 5.41) is 0. The Hall–Kier alpha value is -3.94. The predicted molar refractivity (Wildman–Crippen MR) is 114 cm³/mol. The van der Waals surface area contributed by atoms with Crippen LogP contribution < -0.4 is 4.90 Å². The van der Waals surface area contributed by atoms with Crippen molar-refractivity contribution in [2.45, 2.75) is 6.54 Å². The van der Waals surface area contributed by atoms with E-state index < -0.39 is 11.8 Å². The molecule has 1 aromatic heterocycles. The summed E-state index contributed by atoms with van der Waals surface area (Å²) in [6.07, 6.45) is 1.49. The van der Waals surface area contributed by atoms with E-state index in [1.807, 2.05) is 0 Å². The van der Waals surface area contributed by atoms with Gasteiger partial charge in [0.2, 0.25) is 0 Å². The number of carbonyl (C=O) groups is 3. The lowest BCUT2D eigenvalue weighted by atomic mass is 10.0. The Labute approximate surface area is 183 Å². The Kier molecular flexibility index (Phi) is 4.97. The van der Waals surface area contributed by atoms with Gasteiger partial charge >= 0.3 is 0 Å². The van der Waals surface area contributed by atoms with Crippen molar-refractivity contribution >= 4 is 23.4 Å². The summed E-state index contributed by atoms with van der Waals surface area (Å²) in [7, 11) is 0. The molecule has 0 bridgehead atoms. The fourth-order valence-electron chi connectivity index (χ4n) is 4.13. The van der Waals surface area contributed by atoms with Crippen molar-refractivity contribution in [2.24, 2.45) is 0 Å². The van der Waals surface area contributed by atoms with Crippen LogP contribution in [0.15, 0.2) is 65.3 Å². The number of hydrogen-bond acceptors (Lipinski definition) is 5. The van der Waals surface area contributed by atoms with Gasteiger partial charge in [-0.15, -0.1) is 0 Å². The molecule has 0 radical (unpaired) electrons. The number of benzene rings is 2. The lowest BCUT2D eigenvalue weighted by Crippen LogP contribution is -2.48. The number of piperazine rings is 1. The summed E-state index contributed by atoms with van der Waals surface area (Å²) in [5.74, 6) is -0.786. The Bertz CT molecular complexity index is 1180. The Balaban J connectivity index is 1.28. The van der Waals surface area contributed by atoms with E-state index in [1.54, 1.807) is 41.3 Å². The SMILES string of the molecule is O=C(c1ccc2c(c1)C(=O)N(Cc1ccco1)C2=O)N1CCN(c2ccc(F)cc2)CC1. The molecule has 0 aliphatic carbocycles. The highest BCUT2D eigenvalue weighted by Crippen LogP contribution is 2.26. The molecule has 0 atom stereocenters. The second kappa shape index (κ2) is 7.96. The molecular formula is C24H20FN3O4. The van der Waals surface area contributed by atoms with E-state index in [0.717, 1.165) is 10.6 Å². The summed E-state index contributed by atoms with van der Waals surface area (Å²) in [4.78, 5) is 43.5. The molecule has 2 aliphatic heterocycles. The molecule has 0 spiro atoms. The summed E-state index contributed by atoms with van der Waals surface area (Å²) in [6, 6.07) is 14.3. The van der Waals surface area contributed by atoms with Gasteiger partial charge in [0.15, 0.2) is 0 Å². The summed E-state index contributed by atoms with van der Waals surface area (Å²) >= 11 is 0. The maximum absolute atomic E-state index is 13.2. The highest BCUT2D eigenvalue weighted by Gasteiger charge is 2.37. The van der Waals surface area contributed by atoms with Crippen LogP contribution in [-0.4, -0.2) is 53.7 Å². The first-order valence-electron chi connectivity index (χ1n) is 10.3. The van der Waals surface area contributed by atoms with Crippen molar-refractivity contribution in [3.05, 3.63) is 89.1 Å². The zero-order valence-electron chi connectivity index (χ0n) is 17.2. The van der Waals surface area contributed by atoms with Gasteiger partial charge < -0.3 is 14.2 Å². The van der Waals surface area contributed by atoms with Crippen LogP contribution in [0.4, 0.5) is 10.1 Å². The van der Waals surface area contributed by atoms with Crippen LogP contribution in [0.25, 0.3) is 0 Å². The normalized spacial score (nSPS) is 16.0. The lowest BCUT2D eigenvalue weighted by Gasteiger charge is -2.36. The molecule has 3 aromatic rings. The smallest absolute Gasteiger partial charge is 0.261 e. The largest absolute Gasteiger partial charge is 0.467 e. The van der Waals surface area contributed by atoms with E-state index >= 15 is 0 Å². The van der Waals surface area contributed by atoms with Crippen LogP contribution in [0.1, 0.15) is 36.8 Å². The van der Waals surface area contributed by atoms with Gasteiger partial charge in [-0.25, -0.2) is 4.39 Å². The molecule has 0 saturated carbocycles. The predicted octanol–water partition coefficient (Wildman–Crippen LogP) is 3.18. The maximum Gasteiger partial charge on any atom is 0.261 e. The quantitative estimate of drug-likeness (QED) is 0.591. The highest BCUT2D eigenvalue weighted by molar-refractivity contribution is 6.22. The third-order valence-corrected chi connectivity index (χ3v) is 5.87. The summed E-state index contributed by atoms with van der Waals surface area (Å²) in [5.41, 5.74) is 1.81. The molecular weight excluding hydrogens is 413 g/mol. The molecule has 0 N–H and O–H groups in total. The van der Waals surface area contributed by atoms with Crippen molar-refractivity contribution in [3.8, 4) is 0 Å². The molecule has 3 amide bonds. The molecule has 8 heteroatoms. The Morgan fingerprint density at radius 1 is 0.906 bits per heavy atom. The number of amides is 3. The first-order chi connectivity index (χ1) is 15.5. The number of furan rings is 1. The van der Waals surface area contributed by atoms with Crippen LogP contribution in [0.2, 0.25) is 0 Å². The van der Waals surface area contributed by atoms with Gasteiger partial charge in [-0.3, -0.25) is 19.3 Å². The number of halogens is 1. The first-order valence-corrected chi connectivity index (χ1v) is 10.3. The third-order valence-electron chi connectivity index (χ3n) is 5.87. The van der Waals surface area contributed by atoms with Gasteiger partial charge in [-0.05, 0) is 54.6 Å². The van der Waals surface area contributed by atoms with E-state index in [9.17, 15) is 18.8 Å². The van der Waals surface area contributed by atoms with Crippen LogP contribution >= 0.6 is 0 Å². The van der Waals surface area contributed by atoms with Crippen molar-refractivity contribution in [1.29, 1.82) is 0 Å². The zero-order valence-corrected chi connectivity index (χ0v) is 17.2. The van der Waals surface area contributed by atoms with Crippen molar-refractivity contribution in [1.82, 2.24) is 9.80 Å². The molecule has 5 rings (SSSR count). The van der Waals surface area contributed by atoms with Gasteiger partial charge in [0.05, 0.1) is 23.9 Å². The van der Waals surface area contributed by atoms with E-state index in [1.165, 1.54) is 24.5 Å². The average Bonchev–Trinajstić information content (AvgIpc) is 3.42. The number of anilines is 1. The third kappa shape index (κ3) is 3.53. The van der Waals surface area contributed by atoms with E-state index in [0.29, 0.717) is 43.1 Å². The molecule has 2 aliphatic rings. The highest BCUT2D eigenvalue weighted by atomic mass is 19.1. The average molecular weight is 433 g/mol. The minimum Gasteiger partial charge on any atom is -0.467 e.